The van der Waals surface area contributed by atoms with Gasteiger partial charge < -0.3 is 4.74 Å². The van der Waals surface area contributed by atoms with E-state index >= 15 is 0 Å². The van der Waals surface area contributed by atoms with Crippen LogP contribution in [0.3, 0.4) is 0 Å². The highest BCUT2D eigenvalue weighted by Crippen LogP contribution is 2.31. The Morgan fingerprint density at radius 3 is 2.85 bits per heavy atom. The van der Waals surface area contributed by atoms with Crippen LogP contribution in [-0.2, 0) is 0 Å². The maximum Gasteiger partial charge on any atom is 0.232 e. The van der Waals surface area contributed by atoms with E-state index in [4.69, 9.17) is 27.9 Å². The number of pyridine rings is 1. The molecule has 1 heterocycles. The van der Waals surface area contributed by atoms with E-state index in [-0.39, 0.29) is 0 Å². The molecule has 1 saturated carbocycles. The van der Waals surface area contributed by atoms with Gasteiger partial charge in [0.1, 0.15) is 5.02 Å². The molecule has 0 bridgehead atoms. The minimum Gasteiger partial charge on any atom is -0.476 e. The smallest absolute Gasteiger partial charge is 0.232 e. The summed E-state index contributed by atoms with van der Waals surface area (Å²) >= 11 is 11.6. The lowest BCUT2D eigenvalue weighted by Crippen LogP contribution is -2.00. The highest BCUT2D eigenvalue weighted by molar-refractivity contribution is 6.35. The molecule has 0 amide bonds. The molecule has 0 aliphatic heterocycles. The summed E-state index contributed by atoms with van der Waals surface area (Å²) in [4.78, 5) is 3.99. The van der Waals surface area contributed by atoms with Crippen LogP contribution in [0.25, 0.3) is 0 Å². The summed E-state index contributed by atoms with van der Waals surface area (Å²) in [5, 5.41) is 1.01. The van der Waals surface area contributed by atoms with Crippen molar-refractivity contribution in [2.45, 2.75) is 12.8 Å². The fourth-order valence-corrected chi connectivity index (χ4v) is 1.42. The van der Waals surface area contributed by atoms with E-state index in [1.165, 1.54) is 19.0 Å². The van der Waals surface area contributed by atoms with Crippen LogP contribution in [0.15, 0.2) is 12.3 Å². The average Bonchev–Trinajstić information content (AvgIpc) is 2.86. The van der Waals surface area contributed by atoms with Crippen molar-refractivity contribution in [1.29, 1.82) is 0 Å². The molecule has 0 saturated heterocycles. The molecule has 0 aromatic carbocycles. The summed E-state index contributed by atoms with van der Waals surface area (Å²) in [6.45, 7) is 0.717. The zero-order valence-corrected chi connectivity index (χ0v) is 8.48. The molecule has 1 aliphatic carbocycles. The first-order valence-electron chi connectivity index (χ1n) is 4.19. The fraction of sp³-hybridized carbons (Fsp3) is 0.444. The third kappa shape index (κ3) is 2.48. The number of nitrogens with zero attached hydrogens (tertiary/aromatic N) is 1. The zero-order chi connectivity index (χ0) is 9.26. The molecule has 2 rings (SSSR count). The van der Waals surface area contributed by atoms with Crippen molar-refractivity contribution in [3.63, 3.8) is 0 Å². The van der Waals surface area contributed by atoms with Crippen LogP contribution < -0.4 is 4.74 Å². The molecule has 0 atom stereocenters. The van der Waals surface area contributed by atoms with E-state index in [9.17, 15) is 0 Å². The van der Waals surface area contributed by atoms with Gasteiger partial charge in [-0.1, -0.05) is 23.2 Å². The molecule has 0 radical (unpaired) electrons. The highest BCUT2D eigenvalue weighted by Gasteiger charge is 2.22. The molecule has 0 unspecified atom stereocenters. The number of hydrogen-bond donors (Lipinski definition) is 0. The topological polar surface area (TPSA) is 22.1 Å². The van der Waals surface area contributed by atoms with Crippen LogP contribution in [0.5, 0.6) is 5.88 Å². The van der Waals surface area contributed by atoms with E-state index in [1.807, 2.05) is 0 Å². The Bertz CT molecular complexity index is 312. The van der Waals surface area contributed by atoms with Crippen LogP contribution in [0.4, 0.5) is 0 Å². The molecule has 1 fully saturated rings. The number of aromatic nitrogens is 1. The highest BCUT2D eigenvalue weighted by atomic mass is 35.5. The lowest BCUT2D eigenvalue weighted by Gasteiger charge is -2.05. The molecule has 13 heavy (non-hydrogen) atoms. The number of ether oxygens (including phenoxy) is 1. The van der Waals surface area contributed by atoms with Gasteiger partial charge in [0, 0.05) is 6.20 Å². The first-order chi connectivity index (χ1) is 6.25. The lowest BCUT2D eigenvalue weighted by molar-refractivity contribution is 0.288. The van der Waals surface area contributed by atoms with Gasteiger partial charge in [-0.15, -0.1) is 0 Å². The summed E-state index contributed by atoms with van der Waals surface area (Å²) in [5.74, 6) is 1.19. The maximum absolute atomic E-state index is 5.86. The van der Waals surface area contributed by atoms with E-state index in [2.05, 4.69) is 4.98 Å². The summed E-state index contributed by atoms with van der Waals surface area (Å²) in [5.41, 5.74) is 0. The van der Waals surface area contributed by atoms with E-state index in [1.54, 1.807) is 6.07 Å². The van der Waals surface area contributed by atoms with Crippen molar-refractivity contribution < 1.29 is 4.74 Å². The molecule has 0 spiro atoms. The van der Waals surface area contributed by atoms with Crippen molar-refractivity contribution in [3.8, 4) is 5.88 Å². The summed E-state index contributed by atoms with van der Waals surface area (Å²) < 4.78 is 5.41. The van der Waals surface area contributed by atoms with Crippen LogP contribution in [-0.4, -0.2) is 11.6 Å². The first-order valence-corrected chi connectivity index (χ1v) is 4.95. The van der Waals surface area contributed by atoms with Gasteiger partial charge in [0.05, 0.1) is 11.6 Å². The standard InChI is InChI=1S/C9H9Cl2NO/c10-7-3-8(11)9(12-4-7)13-5-6-1-2-6/h3-4,6H,1-2,5H2. The van der Waals surface area contributed by atoms with Crippen LogP contribution in [0.2, 0.25) is 10.0 Å². The van der Waals surface area contributed by atoms with Crippen molar-refractivity contribution in [2.75, 3.05) is 6.61 Å². The third-order valence-electron chi connectivity index (χ3n) is 1.93. The zero-order valence-electron chi connectivity index (χ0n) is 6.96. The maximum atomic E-state index is 5.86. The monoisotopic (exact) mass is 217 g/mol. The normalized spacial score (nSPS) is 15.8. The lowest BCUT2D eigenvalue weighted by atomic mass is 10.4. The van der Waals surface area contributed by atoms with Gasteiger partial charge in [-0.25, -0.2) is 4.98 Å². The van der Waals surface area contributed by atoms with Gasteiger partial charge in [-0.05, 0) is 24.8 Å². The van der Waals surface area contributed by atoms with Crippen LogP contribution in [0, 0.1) is 5.92 Å². The van der Waals surface area contributed by atoms with Gasteiger partial charge in [0.25, 0.3) is 0 Å². The predicted octanol–water partition coefficient (Wildman–Crippen LogP) is 3.18. The summed E-state index contributed by atoms with van der Waals surface area (Å²) in [7, 11) is 0. The average molecular weight is 218 g/mol. The Hall–Kier alpha value is -0.470. The van der Waals surface area contributed by atoms with Gasteiger partial charge in [0.2, 0.25) is 5.88 Å². The molecule has 1 aliphatic rings. The quantitative estimate of drug-likeness (QED) is 0.777. The van der Waals surface area contributed by atoms with E-state index < -0.39 is 0 Å². The predicted molar refractivity (Wildman–Crippen MR) is 52.5 cm³/mol. The Morgan fingerprint density at radius 2 is 2.23 bits per heavy atom. The van der Waals surface area contributed by atoms with Crippen molar-refractivity contribution >= 4 is 23.2 Å². The second kappa shape index (κ2) is 3.72. The first kappa shape index (κ1) is 9.10. The molecule has 1 aromatic rings. The molecule has 1 aromatic heterocycles. The van der Waals surface area contributed by atoms with Gasteiger partial charge in [-0.2, -0.15) is 0 Å². The Kier molecular flexibility index (Phi) is 2.61. The molecule has 0 N–H and O–H groups in total. The fourth-order valence-electron chi connectivity index (χ4n) is 0.990. The molecular formula is C9H9Cl2NO. The van der Waals surface area contributed by atoms with E-state index in [0.29, 0.717) is 28.5 Å². The number of rotatable bonds is 3. The Balaban J connectivity index is 2.01. The largest absolute Gasteiger partial charge is 0.476 e. The van der Waals surface area contributed by atoms with Crippen molar-refractivity contribution in [2.24, 2.45) is 5.92 Å². The van der Waals surface area contributed by atoms with Crippen LogP contribution >= 0.6 is 23.2 Å². The van der Waals surface area contributed by atoms with Crippen molar-refractivity contribution in [1.82, 2.24) is 4.98 Å². The van der Waals surface area contributed by atoms with Gasteiger partial charge in [0.15, 0.2) is 0 Å². The third-order valence-corrected chi connectivity index (χ3v) is 2.40. The Morgan fingerprint density at radius 1 is 1.46 bits per heavy atom. The van der Waals surface area contributed by atoms with Gasteiger partial charge >= 0.3 is 0 Å². The second-order valence-corrected chi connectivity index (χ2v) is 4.04. The minimum atomic E-state index is 0.480. The summed E-state index contributed by atoms with van der Waals surface area (Å²) in [6.07, 6.45) is 4.05. The van der Waals surface area contributed by atoms with Gasteiger partial charge in [-0.3, -0.25) is 0 Å². The number of halogens is 2. The Labute approximate surface area is 86.8 Å². The second-order valence-electron chi connectivity index (χ2n) is 3.19. The molecule has 70 valence electrons. The minimum absolute atomic E-state index is 0.480. The molecular weight excluding hydrogens is 209 g/mol. The SMILES string of the molecule is Clc1cnc(OCC2CC2)c(Cl)c1. The summed E-state index contributed by atoms with van der Waals surface area (Å²) in [6, 6.07) is 1.64. The van der Waals surface area contributed by atoms with Crippen LogP contribution in [0.1, 0.15) is 12.8 Å². The van der Waals surface area contributed by atoms with E-state index in [0.717, 1.165) is 0 Å². The van der Waals surface area contributed by atoms with Crippen molar-refractivity contribution in [3.05, 3.63) is 22.3 Å². The number of hydrogen-bond acceptors (Lipinski definition) is 2. The molecule has 4 heteroatoms. The molecule has 2 nitrogen and oxygen atoms in total.